The fourth-order valence-electron chi connectivity index (χ4n) is 1.00. The molecule has 0 bridgehead atoms. The lowest BCUT2D eigenvalue weighted by atomic mass is 10.2. The van der Waals surface area contributed by atoms with E-state index in [4.69, 9.17) is 0 Å². The van der Waals surface area contributed by atoms with E-state index >= 15 is 0 Å². The van der Waals surface area contributed by atoms with Crippen molar-refractivity contribution in [2.75, 3.05) is 7.11 Å². The van der Waals surface area contributed by atoms with Gasteiger partial charge in [-0.05, 0) is 41.1 Å². The molecule has 0 atom stereocenters. The summed E-state index contributed by atoms with van der Waals surface area (Å²) in [4.78, 5) is 14.8. The van der Waals surface area contributed by atoms with Gasteiger partial charge in [0, 0.05) is 3.57 Å². The molecule has 0 radical (unpaired) electrons. The SMILES string of the molecule is COC(=O)c1nc(C(F)F)cc(I)c1C. The second-order valence-electron chi connectivity index (χ2n) is 2.79. The predicted octanol–water partition coefficient (Wildman–Crippen LogP) is 2.72. The number of carbonyl (C=O) groups is 1. The van der Waals surface area contributed by atoms with Crippen molar-refractivity contribution in [3.8, 4) is 0 Å². The summed E-state index contributed by atoms with van der Waals surface area (Å²) in [5.41, 5.74) is 0.0805. The maximum atomic E-state index is 12.4. The lowest BCUT2D eigenvalue weighted by Crippen LogP contribution is -2.10. The van der Waals surface area contributed by atoms with E-state index in [0.717, 1.165) is 0 Å². The third kappa shape index (κ3) is 2.61. The van der Waals surface area contributed by atoms with Crippen molar-refractivity contribution in [1.29, 1.82) is 0 Å². The van der Waals surface area contributed by atoms with Gasteiger partial charge in [-0.2, -0.15) is 0 Å². The number of halogens is 3. The van der Waals surface area contributed by atoms with Crippen LogP contribution in [0.3, 0.4) is 0 Å². The summed E-state index contributed by atoms with van der Waals surface area (Å²) in [6.45, 7) is 1.64. The highest BCUT2D eigenvalue weighted by molar-refractivity contribution is 14.1. The van der Waals surface area contributed by atoms with E-state index in [1.807, 2.05) is 22.6 Å². The van der Waals surface area contributed by atoms with Crippen molar-refractivity contribution in [3.63, 3.8) is 0 Å². The van der Waals surface area contributed by atoms with Gasteiger partial charge in [0.15, 0.2) is 5.69 Å². The summed E-state index contributed by atoms with van der Waals surface area (Å²) >= 11 is 1.88. The summed E-state index contributed by atoms with van der Waals surface area (Å²) in [6, 6.07) is 1.26. The first kappa shape index (κ1) is 12.3. The van der Waals surface area contributed by atoms with Crippen LogP contribution in [-0.4, -0.2) is 18.1 Å². The Morgan fingerprint density at radius 3 is 2.67 bits per heavy atom. The van der Waals surface area contributed by atoms with Crippen molar-refractivity contribution < 1.29 is 18.3 Å². The molecule has 0 aliphatic heterocycles. The lowest BCUT2D eigenvalue weighted by molar-refractivity contribution is 0.0591. The highest BCUT2D eigenvalue weighted by Crippen LogP contribution is 2.23. The van der Waals surface area contributed by atoms with Crippen LogP contribution in [0.5, 0.6) is 0 Å². The van der Waals surface area contributed by atoms with Crippen LogP contribution < -0.4 is 0 Å². The predicted molar refractivity (Wildman–Crippen MR) is 58.0 cm³/mol. The van der Waals surface area contributed by atoms with E-state index in [0.29, 0.717) is 9.13 Å². The van der Waals surface area contributed by atoms with Crippen molar-refractivity contribution >= 4 is 28.6 Å². The molecule has 1 rings (SSSR count). The van der Waals surface area contributed by atoms with Gasteiger partial charge in [0.1, 0.15) is 5.69 Å². The number of methoxy groups -OCH3 is 1. The molecule has 0 aliphatic carbocycles. The third-order valence-electron chi connectivity index (χ3n) is 1.83. The van der Waals surface area contributed by atoms with E-state index in [9.17, 15) is 13.6 Å². The number of nitrogens with zero attached hydrogens (tertiary/aromatic N) is 1. The molecule has 0 unspecified atom stereocenters. The Kier molecular flexibility index (Phi) is 3.95. The van der Waals surface area contributed by atoms with Gasteiger partial charge in [-0.1, -0.05) is 0 Å². The Balaban J connectivity index is 3.31. The Morgan fingerprint density at radius 1 is 1.60 bits per heavy atom. The molecule has 1 heterocycles. The Bertz CT molecular complexity index is 396. The zero-order valence-corrected chi connectivity index (χ0v) is 10.2. The van der Waals surface area contributed by atoms with Gasteiger partial charge < -0.3 is 4.74 Å². The van der Waals surface area contributed by atoms with Crippen LogP contribution in [-0.2, 0) is 4.74 Å². The minimum Gasteiger partial charge on any atom is -0.464 e. The first-order valence-corrected chi connectivity index (χ1v) is 5.08. The van der Waals surface area contributed by atoms with Gasteiger partial charge in [0.05, 0.1) is 7.11 Å². The number of ether oxygens (including phenoxy) is 1. The molecule has 1 aromatic rings. The van der Waals surface area contributed by atoms with Gasteiger partial charge in [0.2, 0.25) is 0 Å². The van der Waals surface area contributed by atoms with Crippen molar-refractivity contribution in [2.45, 2.75) is 13.3 Å². The second kappa shape index (κ2) is 4.82. The van der Waals surface area contributed by atoms with E-state index in [-0.39, 0.29) is 5.69 Å². The molecule has 0 amide bonds. The molecule has 0 saturated carbocycles. The molecule has 1 aromatic heterocycles. The number of hydrogen-bond acceptors (Lipinski definition) is 3. The molecular formula is C9H8F2INO2. The number of esters is 1. The average Bonchev–Trinajstić information content (AvgIpc) is 2.20. The molecule has 0 aromatic carbocycles. The highest BCUT2D eigenvalue weighted by Gasteiger charge is 2.18. The Labute approximate surface area is 99.0 Å². The minimum atomic E-state index is -2.69. The number of carbonyl (C=O) groups excluding carboxylic acids is 1. The molecule has 3 nitrogen and oxygen atoms in total. The van der Waals surface area contributed by atoms with E-state index in [2.05, 4.69) is 9.72 Å². The molecule has 15 heavy (non-hydrogen) atoms. The maximum absolute atomic E-state index is 12.4. The first-order chi connectivity index (χ1) is 6.97. The zero-order valence-electron chi connectivity index (χ0n) is 8.05. The second-order valence-corrected chi connectivity index (χ2v) is 3.96. The number of aromatic nitrogens is 1. The molecule has 6 heteroatoms. The average molecular weight is 327 g/mol. The van der Waals surface area contributed by atoms with E-state index in [1.165, 1.54) is 13.2 Å². The normalized spacial score (nSPS) is 10.5. The standard InChI is InChI=1S/C9H8F2INO2/c1-4-5(12)3-6(8(10)11)13-7(4)9(14)15-2/h3,8H,1-2H3. The molecule has 0 aliphatic rings. The molecular weight excluding hydrogens is 319 g/mol. The van der Waals surface area contributed by atoms with Crippen molar-refractivity contribution in [3.05, 3.63) is 26.6 Å². The monoisotopic (exact) mass is 327 g/mol. The summed E-state index contributed by atoms with van der Waals surface area (Å²) < 4.78 is 29.8. The van der Waals surface area contributed by atoms with Crippen LogP contribution >= 0.6 is 22.6 Å². The summed E-state index contributed by atoms with van der Waals surface area (Å²) in [5.74, 6) is -0.701. The number of alkyl halides is 2. The zero-order chi connectivity index (χ0) is 11.6. The van der Waals surface area contributed by atoms with Crippen molar-refractivity contribution in [2.24, 2.45) is 0 Å². The maximum Gasteiger partial charge on any atom is 0.356 e. The Hall–Kier alpha value is -0.790. The topological polar surface area (TPSA) is 39.2 Å². The number of pyridine rings is 1. The van der Waals surface area contributed by atoms with Crippen LogP contribution in [0.25, 0.3) is 0 Å². The Morgan fingerprint density at radius 2 is 2.20 bits per heavy atom. The van der Waals surface area contributed by atoms with Crippen LogP contribution in [0.15, 0.2) is 6.07 Å². The van der Waals surface area contributed by atoms with Gasteiger partial charge in [0.25, 0.3) is 6.43 Å². The van der Waals surface area contributed by atoms with Gasteiger partial charge in [-0.25, -0.2) is 18.6 Å². The molecule has 0 spiro atoms. The van der Waals surface area contributed by atoms with E-state index < -0.39 is 18.1 Å². The van der Waals surface area contributed by atoms with Gasteiger partial charge in [-0.3, -0.25) is 0 Å². The van der Waals surface area contributed by atoms with Crippen LogP contribution in [0.4, 0.5) is 8.78 Å². The largest absolute Gasteiger partial charge is 0.464 e. The van der Waals surface area contributed by atoms with Crippen molar-refractivity contribution in [1.82, 2.24) is 4.98 Å². The number of rotatable bonds is 2. The van der Waals surface area contributed by atoms with Crippen LogP contribution in [0, 0.1) is 10.5 Å². The highest BCUT2D eigenvalue weighted by atomic mass is 127. The third-order valence-corrected chi connectivity index (χ3v) is 2.95. The first-order valence-electron chi connectivity index (χ1n) is 4.01. The van der Waals surface area contributed by atoms with Crippen LogP contribution in [0.1, 0.15) is 28.2 Å². The fraction of sp³-hybridized carbons (Fsp3) is 0.333. The summed E-state index contributed by atoms with van der Waals surface area (Å²) in [6.07, 6.45) is -2.69. The molecule has 0 fully saturated rings. The molecule has 82 valence electrons. The molecule has 0 N–H and O–H groups in total. The summed E-state index contributed by atoms with van der Waals surface area (Å²) in [5, 5.41) is 0. The van der Waals surface area contributed by atoms with Crippen LogP contribution in [0.2, 0.25) is 0 Å². The quantitative estimate of drug-likeness (QED) is 0.619. The fourth-order valence-corrected chi connectivity index (χ4v) is 1.58. The number of hydrogen-bond donors (Lipinski definition) is 0. The smallest absolute Gasteiger partial charge is 0.356 e. The molecule has 0 saturated heterocycles. The van der Waals surface area contributed by atoms with Gasteiger partial charge >= 0.3 is 5.97 Å². The van der Waals surface area contributed by atoms with E-state index in [1.54, 1.807) is 6.92 Å². The minimum absolute atomic E-state index is 0.0558. The van der Waals surface area contributed by atoms with Gasteiger partial charge in [-0.15, -0.1) is 0 Å². The summed E-state index contributed by atoms with van der Waals surface area (Å²) in [7, 11) is 1.19. The lowest BCUT2D eigenvalue weighted by Gasteiger charge is -2.07.